The van der Waals surface area contributed by atoms with Gasteiger partial charge in [0.1, 0.15) is 5.52 Å². The first-order valence-corrected chi connectivity index (χ1v) is 17.0. The fourth-order valence-corrected chi connectivity index (χ4v) is 6.79. The SMILES string of the molecule is N#Cc1ccc(-c2ccc(-c3ccc4cc(-c5cc(-c6ccccc6)c6nc(-c7ccc(-c8ccccc8)cc7)oc6c5)ccc4c3)cc2)cc1. The van der Waals surface area contributed by atoms with Crippen LogP contribution in [-0.2, 0) is 0 Å². The molecule has 1 aromatic heterocycles. The monoisotopic (exact) mass is 650 g/mol. The number of benzene rings is 8. The summed E-state index contributed by atoms with van der Waals surface area (Å²) in [6.07, 6.45) is 0. The van der Waals surface area contributed by atoms with Crippen molar-refractivity contribution in [2.24, 2.45) is 0 Å². The molecule has 0 amide bonds. The number of oxazole rings is 1. The lowest BCUT2D eigenvalue weighted by Crippen LogP contribution is -1.86. The molecule has 0 saturated heterocycles. The lowest BCUT2D eigenvalue weighted by atomic mass is 9.94. The van der Waals surface area contributed by atoms with Gasteiger partial charge in [-0.25, -0.2) is 4.98 Å². The summed E-state index contributed by atoms with van der Waals surface area (Å²) in [6, 6.07) is 65.3. The first kappa shape index (κ1) is 30.1. The molecule has 0 saturated carbocycles. The highest BCUT2D eigenvalue weighted by Crippen LogP contribution is 2.38. The summed E-state index contributed by atoms with van der Waals surface area (Å²) in [5.41, 5.74) is 14.4. The second kappa shape index (κ2) is 12.8. The molecule has 0 fully saturated rings. The van der Waals surface area contributed by atoms with Crippen LogP contribution in [0.1, 0.15) is 5.56 Å². The molecular formula is C48H30N2O. The smallest absolute Gasteiger partial charge is 0.227 e. The molecule has 0 N–H and O–H groups in total. The van der Waals surface area contributed by atoms with Crippen LogP contribution in [0.15, 0.2) is 186 Å². The summed E-state index contributed by atoms with van der Waals surface area (Å²) in [6.45, 7) is 0. The van der Waals surface area contributed by atoms with Gasteiger partial charge in [0.2, 0.25) is 5.89 Å². The maximum atomic E-state index is 9.12. The number of hydrogen-bond donors (Lipinski definition) is 0. The molecule has 1 heterocycles. The molecule has 3 nitrogen and oxygen atoms in total. The van der Waals surface area contributed by atoms with E-state index in [0.717, 1.165) is 61.2 Å². The third-order valence-corrected chi connectivity index (χ3v) is 9.56. The van der Waals surface area contributed by atoms with Crippen LogP contribution in [0.5, 0.6) is 0 Å². The molecule has 0 atom stereocenters. The van der Waals surface area contributed by atoms with Crippen molar-refractivity contribution < 1.29 is 4.42 Å². The fraction of sp³-hybridized carbons (Fsp3) is 0. The van der Waals surface area contributed by atoms with Gasteiger partial charge in [-0.05, 0) is 109 Å². The normalized spacial score (nSPS) is 11.1. The third-order valence-electron chi connectivity index (χ3n) is 9.56. The van der Waals surface area contributed by atoms with E-state index in [1.54, 1.807) is 0 Å². The van der Waals surface area contributed by atoms with E-state index in [-0.39, 0.29) is 0 Å². The van der Waals surface area contributed by atoms with E-state index >= 15 is 0 Å². The van der Waals surface area contributed by atoms with Gasteiger partial charge >= 0.3 is 0 Å². The maximum Gasteiger partial charge on any atom is 0.227 e. The van der Waals surface area contributed by atoms with Crippen LogP contribution >= 0.6 is 0 Å². The van der Waals surface area contributed by atoms with E-state index in [9.17, 15) is 0 Å². The zero-order valence-electron chi connectivity index (χ0n) is 27.6. The van der Waals surface area contributed by atoms with Crippen LogP contribution in [0, 0.1) is 11.3 Å². The second-order valence-corrected chi connectivity index (χ2v) is 12.7. The van der Waals surface area contributed by atoms with Crippen molar-refractivity contribution >= 4 is 21.9 Å². The van der Waals surface area contributed by atoms with Crippen molar-refractivity contribution in [2.75, 3.05) is 0 Å². The molecular weight excluding hydrogens is 621 g/mol. The Hall–Kier alpha value is -7.02. The molecule has 3 heteroatoms. The van der Waals surface area contributed by atoms with E-state index in [1.807, 2.05) is 36.4 Å². The molecule has 8 aromatic carbocycles. The summed E-state index contributed by atoms with van der Waals surface area (Å²) in [4.78, 5) is 5.04. The molecule has 0 aliphatic carbocycles. The minimum absolute atomic E-state index is 0.606. The van der Waals surface area contributed by atoms with Gasteiger partial charge in [-0.3, -0.25) is 0 Å². The minimum atomic E-state index is 0.606. The molecule has 0 aliphatic rings. The Labute approximate surface area is 296 Å². The van der Waals surface area contributed by atoms with Crippen LogP contribution in [-0.4, -0.2) is 4.98 Å². The molecule has 0 aliphatic heterocycles. The molecule has 0 spiro atoms. The number of rotatable bonds is 6. The first-order chi connectivity index (χ1) is 25.2. The van der Waals surface area contributed by atoms with Gasteiger partial charge in [-0.2, -0.15) is 5.26 Å². The Bertz CT molecular complexity index is 2700. The standard InChI is InChI=1S/C48H30N2O/c49-31-32-11-13-34(14-12-32)36-15-17-37(18-16-36)40-23-24-42-28-43(26-25-41(42)27-40)44-29-45(38-9-5-2-6-10-38)47-46(30-44)51-48(50-47)39-21-19-35(20-22-39)33-7-3-1-4-8-33/h1-30H. The number of nitriles is 1. The van der Waals surface area contributed by atoms with Gasteiger partial charge < -0.3 is 4.42 Å². The summed E-state index contributed by atoms with van der Waals surface area (Å²) in [5, 5.41) is 11.5. The van der Waals surface area contributed by atoms with Crippen molar-refractivity contribution in [1.82, 2.24) is 4.98 Å². The average Bonchev–Trinajstić information content (AvgIpc) is 3.65. The maximum absolute atomic E-state index is 9.12. The quantitative estimate of drug-likeness (QED) is 0.180. The number of aromatic nitrogens is 1. The van der Waals surface area contributed by atoms with Gasteiger partial charge in [-0.15, -0.1) is 0 Å². The highest BCUT2D eigenvalue weighted by atomic mass is 16.3. The highest BCUT2D eigenvalue weighted by molar-refractivity contribution is 5.98. The topological polar surface area (TPSA) is 49.8 Å². The lowest BCUT2D eigenvalue weighted by molar-refractivity contribution is 0.620. The molecule has 0 unspecified atom stereocenters. The average molecular weight is 651 g/mol. The predicted octanol–water partition coefficient (Wildman–Crippen LogP) is 12.9. The molecule has 238 valence electrons. The Morgan fingerprint density at radius 2 is 0.843 bits per heavy atom. The summed E-state index contributed by atoms with van der Waals surface area (Å²) >= 11 is 0. The van der Waals surface area contributed by atoms with Crippen LogP contribution in [0.25, 0.3) is 89.0 Å². The molecule has 51 heavy (non-hydrogen) atoms. The summed E-state index contributed by atoms with van der Waals surface area (Å²) in [7, 11) is 0. The highest BCUT2D eigenvalue weighted by Gasteiger charge is 2.16. The third kappa shape index (κ3) is 5.86. The van der Waals surface area contributed by atoms with Crippen LogP contribution in [0.4, 0.5) is 0 Å². The lowest BCUT2D eigenvalue weighted by Gasteiger charge is -2.10. The van der Waals surface area contributed by atoms with Gasteiger partial charge in [0.25, 0.3) is 0 Å². The van der Waals surface area contributed by atoms with Crippen molar-refractivity contribution in [3.8, 4) is 73.2 Å². The Morgan fingerprint density at radius 3 is 1.41 bits per heavy atom. The molecule has 9 aromatic rings. The number of nitrogens with zero attached hydrogens (tertiary/aromatic N) is 2. The zero-order chi connectivity index (χ0) is 34.1. The summed E-state index contributed by atoms with van der Waals surface area (Å²) in [5.74, 6) is 0.606. The van der Waals surface area contributed by atoms with Crippen LogP contribution in [0.2, 0.25) is 0 Å². The molecule has 0 radical (unpaired) electrons. The predicted molar refractivity (Wildman–Crippen MR) is 209 cm³/mol. The van der Waals surface area contributed by atoms with E-state index in [4.69, 9.17) is 14.7 Å². The molecule has 0 bridgehead atoms. The minimum Gasteiger partial charge on any atom is -0.436 e. The van der Waals surface area contributed by atoms with E-state index in [0.29, 0.717) is 11.5 Å². The number of hydrogen-bond acceptors (Lipinski definition) is 3. The zero-order valence-corrected chi connectivity index (χ0v) is 27.6. The van der Waals surface area contributed by atoms with Crippen LogP contribution in [0.3, 0.4) is 0 Å². The fourth-order valence-electron chi connectivity index (χ4n) is 6.79. The number of fused-ring (bicyclic) bond motifs is 2. The Morgan fingerprint density at radius 1 is 0.392 bits per heavy atom. The van der Waals surface area contributed by atoms with Crippen LogP contribution < -0.4 is 0 Å². The van der Waals surface area contributed by atoms with Gasteiger partial charge in [-0.1, -0.05) is 133 Å². The van der Waals surface area contributed by atoms with Crippen molar-refractivity contribution in [2.45, 2.75) is 0 Å². The Kier molecular flexibility index (Phi) is 7.54. The van der Waals surface area contributed by atoms with Crippen molar-refractivity contribution in [1.29, 1.82) is 5.26 Å². The van der Waals surface area contributed by atoms with Gasteiger partial charge in [0.05, 0.1) is 11.6 Å². The van der Waals surface area contributed by atoms with E-state index in [2.05, 4.69) is 152 Å². The van der Waals surface area contributed by atoms with Gasteiger partial charge in [0.15, 0.2) is 5.58 Å². The first-order valence-electron chi connectivity index (χ1n) is 17.0. The summed E-state index contributed by atoms with van der Waals surface area (Å²) < 4.78 is 6.50. The molecule has 9 rings (SSSR count). The largest absolute Gasteiger partial charge is 0.436 e. The second-order valence-electron chi connectivity index (χ2n) is 12.7. The van der Waals surface area contributed by atoms with Crippen molar-refractivity contribution in [3.05, 3.63) is 188 Å². The Balaban J connectivity index is 1.05. The van der Waals surface area contributed by atoms with Crippen molar-refractivity contribution in [3.63, 3.8) is 0 Å². The van der Waals surface area contributed by atoms with E-state index in [1.165, 1.54) is 21.9 Å². The van der Waals surface area contributed by atoms with Gasteiger partial charge in [0, 0.05) is 11.1 Å². The van der Waals surface area contributed by atoms with E-state index < -0.39 is 0 Å².